The van der Waals surface area contributed by atoms with Crippen LogP contribution in [0.5, 0.6) is 0 Å². The lowest BCUT2D eigenvalue weighted by Crippen LogP contribution is -2.30. The Morgan fingerprint density at radius 3 is 2.45 bits per heavy atom. The van der Waals surface area contributed by atoms with Gasteiger partial charge in [-0.1, -0.05) is 76.5 Å². The van der Waals surface area contributed by atoms with Gasteiger partial charge in [0.2, 0.25) is 14.1 Å². The van der Waals surface area contributed by atoms with E-state index in [0.29, 0.717) is 5.56 Å². The molecule has 0 amide bonds. The summed E-state index contributed by atoms with van der Waals surface area (Å²) in [6.07, 6.45) is 0.0645. The summed E-state index contributed by atoms with van der Waals surface area (Å²) < 4.78 is 8.49. The standard InChI is InChI=1S/C14H12Cl3NO2S2/c1-22(11-8-5-9-21-11)18-13(19)20-12(14(15,16)17)10-6-3-2-4-7-10/h2-9,12H,1H3/t12-,22?/m0/s1. The predicted molar refractivity (Wildman–Crippen MR) is 93.9 cm³/mol. The number of benzene rings is 1. The van der Waals surface area contributed by atoms with Gasteiger partial charge in [-0.15, -0.1) is 0 Å². The summed E-state index contributed by atoms with van der Waals surface area (Å²) in [7, 11) is 0. The summed E-state index contributed by atoms with van der Waals surface area (Å²) in [6, 6.07) is 12.6. The van der Waals surface area contributed by atoms with Gasteiger partial charge >= 0.3 is 0 Å². The largest absolute Gasteiger partial charge is 0.585 e. The van der Waals surface area contributed by atoms with Crippen LogP contribution in [0.25, 0.3) is 0 Å². The Kier molecular flexibility index (Phi) is 6.29. The average molecular weight is 397 g/mol. The Morgan fingerprint density at radius 2 is 1.91 bits per heavy atom. The number of alkyl halides is 3. The van der Waals surface area contributed by atoms with Crippen LogP contribution in [0.1, 0.15) is 11.7 Å². The molecule has 0 saturated heterocycles. The van der Waals surface area contributed by atoms with Crippen molar-refractivity contribution in [3.63, 3.8) is 0 Å². The first-order chi connectivity index (χ1) is 10.4. The average Bonchev–Trinajstić information content (AvgIpc) is 2.99. The fourth-order valence-corrected chi connectivity index (χ4v) is 4.09. The number of halogens is 3. The first-order valence-corrected chi connectivity index (χ1v) is 9.72. The second-order valence-corrected chi connectivity index (χ2v) is 9.37. The molecule has 0 aliphatic carbocycles. The molecule has 0 radical (unpaired) electrons. The molecule has 0 N–H and O–H groups in total. The Balaban J connectivity index is 2.17. The topological polar surface area (TPSA) is 44.7 Å². The molecular formula is C14H12Cl3NO2S2. The van der Waals surface area contributed by atoms with Crippen LogP contribution in [0.2, 0.25) is 0 Å². The molecule has 2 aromatic rings. The van der Waals surface area contributed by atoms with E-state index >= 15 is 0 Å². The summed E-state index contributed by atoms with van der Waals surface area (Å²) >= 11 is 18.7. The van der Waals surface area contributed by atoms with Crippen molar-refractivity contribution in [1.29, 1.82) is 0 Å². The van der Waals surface area contributed by atoms with Crippen molar-refractivity contribution >= 4 is 63.3 Å². The molecule has 118 valence electrons. The van der Waals surface area contributed by atoms with E-state index in [1.165, 1.54) is 11.3 Å². The Morgan fingerprint density at radius 1 is 1.23 bits per heavy atom. The highest BCUT2D eigenvalue weighted by Crippen LogP contribution is 2.42. The number of ether oxygens (including phenoxy) is 1. The zero-order chi connectivity index (χ0) is 16.2. The molecule has 1 unspecified atom stereocenters. The highest BCUT2D eigenvalue weighted by atomic mass is 35.6. The van der Waals surface area contributed by atoms with Gasteiger partial charge in [0.25, 0.3) is 0 Å². The fraction of sp³-hybridized carbons (Fsp3) is 0.214. The maximum atomic E-state index is 12.0. The van der Waals surface area contributed by atoms with E-state index in [4.69, 9.17) is 39.5 Å². The van der Waals surface area contributed by atoms with Gasteiger partial charge in [0.05, 0.1) is 6.10 Å². The Bertz CT molecular complexity index is 615. The first kappa shape index (κ1) is 17.8. The van der Waals surface area contributed by atoms with Crippen molar-refractivity contribution in [3.05, 3.63) is 53.4 Å². The van der Waals surface area contributed by atoms with Crippen molar-refractivity contribution in [1.82, 2.24) is 0 Å². The molecule has 22 heavy (non-hydrogen) atoms. The summed E-state index contributed by atoms with van der Waals surface area (Å²) in [4.78, 5) is 0. The highest BCUT2D eigenvalue weighted by molar-refractivity contribution is 7.97. The zero-order valence-corrected chi connectivity index (χ0v) is 15.3. The zero-order valence-electron chi connectivity index (χ0n) is 11.4. The van der Waals surface area contributed by atoms with Gasteiger partial charge in [-0.3, -0.25) is 0 Å². The SMILES string of the molecule is C[S+](/N=C(\[O-])O[C@@H](c1ccccc1)C(Cl)(Cl)Cl)c1cccs1. The van der Waals surface area contributed by atoms with Crippen LogP contribution in [0, 0.1) is 0 Å². The van der Waals surface area contributed by atoms with E-state index in [1.54, 1.807) is 24.3 Å². The van der Waals surface area contributed by atoms with E-state index < -0.39 is 27.1 Å². The summed E-state index contributed by atoms with van der Waals surface area (Å²) in [5.74, 6) is 0. The smallest absolute Gasteiger partial charge is 0.237 e. The molecular weight excluding hydrogens is 385 g/mol. The van der Waals surface area contributed by atoms with Crippen molar-refractivity contribution in [2.24, 2.45) is 4.40 Å². The van der Waals surface area contributed by atoms with Gasteiger partial charge in [-0.25, -0.2) is 0 Å². The maximum absolute atomic E-state index is 12.0. The van der Waals surface area contributed by atoms with Crippen LogP contribution in [0.15, 0.2) is 56.5 Å². The molecule has 0 aliphatic heterocycles. The lowest BCUT2D eigenvalue weighted by molar-refractivity contribution is -0.255. The molecule has 0 spiro atoms. The third kappa shape index (κ3) is 4.96. The van der Waals surface area contributed by atoms with E-state index in [1.807, 2.05) is 29.8 Å². The highest BCUT2D eigenvalue weighted by Gasteiger charge is 2.32. The third-order valence-electron chi connectivity index (χ3n) is 2.62. The molecule has 8 heteroatoms. The fourth-order valence-electron chi connectivity index (χ4n) is 1.66. The van der Waals surface area contributed by atoms with Crippen LogP contribution in [0.4, 0.5) is 0 Å². The first-order valence-electron chi connectivity index (χ1n) is 6.11. The second-order valence-electron chi connectivity index (χ2n) is 4.22. The Labute approximate surface area is 151 Å². The van der Waals surface area contributed by atoms with E-state index in [0.717, 1.165) is 4.21 Å². The van der Waals surface area contributed by atoms with Gasteiger partial charge in [0.1, 0.15) is 6.26 Å². The molecule has 0 saturated carbocycles. The van der Waals surface area contributed by atoms with Crippen LogP contribution in [-0.4, -0.2) is 16.1 Å². The van der Waals surface area contributed by atoms with Crippen molar-refractivity contribution in [2.45, 2.75) is 14.1 Å². The maximum Gasteiger partial charge on any atom is 0.237 e. The lowest BCUT2D eigenvalue weighted by atomic mass is 10.1. The van der Waals surface area contributed by atoms with Crippen molar-refractivity contribution < 1.29 is 9.84 Å². The van der Waals surface area contributed by atoms with Gasteiger partial charge in [-0.2, -0.15) is 0 Å². The minimum Gasteiger partial charge on any atom is -0.585 e. The molecule has 1 heterocycles. The van der Waals surface area contributed by atoms with Crippen LogP contribution < -0.4 is 5.11 Å². The molecule has 3 nitrogen and oxygen atoms in total. The van der Waals surface area contributed by atoms with Gasteiger partial charge in [0, 0.05) is 6.07 Å². The van der Waals surface area contributed by atoms with Gasteiger partial charge in [-0.05, 0) is 21.4 Å². The van der Waals surface area contributed by atoms with Crippen LogP contribution in [-0.2, 0) is 15.8 Å². The quantitative estimate of drug-likeness (QED) is 0.338. The minimum absolute atomic E-state index is 0.592. The molecule has 0 fully saturated rings. The molecule has 0 aliphatic rings. The van der Waals surface area contributed by atoms with Gasteiger partial charge < -0.3 is 9.84 Å². The molecule has 2 rings (SSSR count). The second kappa shape index (κ2) is 7.79. The van der Waals surface area contributed by atoms with Crippen LogP contribution in [0.3, 0.4) is 0 Å². The van der Waals surface area contributed by atoms with Gasteiger partial charge in [0.15, 0.2) is 11.1 Å². The molecule has 2 atom stereocenters. The van der Waals surface area contributed by atoms with E-state index in [2.05, 4.69) is 4.40 Å². The lowest BCUT2D eigenvalue weighted by Gasteiger charge is -2.31. The number of nitrogens with zero attached hydrogens (tertiary/aromatic N) is 1. The predicted octanol–water partition coefficient (Wildman–Crippen LogP) is 4.11. The van der Waals surface area contributed by atoms with Crippen molar-refractivity contribution in [3.8, 4) is 0 Å². The van der Waals surface area contributed by atoms with Crippen LogP contribution >= 0.6 is 46.1 Å². The molecule has 1 aromatic heterocycles. The molecule has 1 aromatic carbocycles. The number of thiophene rings is 1. The van der Waals surface area contributed by atoms with E-state index in [9.17, 15) is 5.11 Å². The number of hydrogen-bond acceptors (Lipinski definition) is 4. The minimum atomic E-state index is -1.78. The summed E-state index contributed by atoms with van der Waals surface area (Å²) in [5.41, 5.74) is 0.596. The monoisotopic (exact) mass is 395 g/mol. The summed E-state index contributed by atoms with van der Waals surface area (Å²) in [5, 5.41) is 14.0. The van der Waals surface area contributed by atoms with E-state index in [-0.39, 0.29) is 0 Å². The molecule has 0 bridgehead atoms. The number of hydrogen-bond donors (Lipinski definition) is 0. The Hall–Kier alpha value is -0.590. The summed E-state index contributed by atoms with van der Waals surface area (Å²) in [6.45, 7) is 0. The number of rotatable bonds is 4. The van der Waals surface area contributed by atoms with Crippen molar-refractivity contribution in [2.75, 3.05) is 6.26 Å². The third-order valence-corrected chi connectivity index (χ3v) is 6.03. The normalized spacial score (nSPS) is 15.4.